The van der Waals surface area contributed by atoms with Gasteiger partial charge in [0.15, 0.2) is 0 Å². The number of benzene rings is 2. The van der Waals surface area contributed by atoms with Crippen molar-refractivity contribution in [1.82, 2.24) is 10.2 Å². The largest absolute Gasteiger partial charge is 0.508 e. The smallest absolute Gasteiger partial charge is 0.251 e. The van der Waals surface area contributed by atoms with Gasteiger partial charge in [-0.2, -0.15) is 0 Å². The first-order valence-corrected chi connectivity index (χ1v) is 9.60. The maximum atomic E-state index is 12.2. The molecule has 5 heteroatoms. The van der Waals surface area contributed by atoms with Gasteiger partial charge in [0.1, 0.15) is 5.75 Å². The van der Waals surface area contributed by atoms with Crippen LogP contribution in [0, 0.1) is 0 Å². The molecular formula is C22H28N2O3. The van der Waals surface area contributed by atoms with Crippen molar-refractivity contribution < 1.29 is 15.0 Å². The summed E-state index contributed by atoms with van der Waals surface area (Å²) in [6, 6.07) is 16.6. The Labute approximate surface area is 160 Å². The van der Waals surface area contributed by atoms with Crippen LogP contribution in [0.1, 0.15) is 35.2 Å². The van der Waals surface area contributed by atoms with Crippen LogP contribution >= 0.6 is 0 Å². The molecule has 2 aromatic carbocycles. The number of aliphatic hydroxyl groups is 1. The zero-order valence-corrected chi connectivity index (χ0v) is 15.6. The van der Waals surface area contributed by atoms with Crippen molar-refractivity contribution in [3.63, 3.8) is 0 Å². The number of carbonyl (C=O) groups excluding carboxylic acids is 1. The number of aryl methyl sites for hydroxylation is 1. The van der Waals surface area contributed by atoms with Crippen LogP contribution in [0.15, 0.2) is 54.6 Å². The number of amides is 1. The van der Waals surface area contributed by atoms with Crippen LogP contribution in [0.3, 0.4) is 0 Å². The Morgan fingerprint density at radius 1 is 1.04 bits per heavy atom. The highest BCUT2D eigenvalue weighted by Crippen LogP contribution is 2.22. The third kappa shape index (κ3) is 5.81. The lowest BCUT2D eigenvalue weighted by atomic mass is 9.91. The maximum absolute atomic E-state index is 12.2. The Bertz CT molecular complexity index is 723. The maximum Gasteiger partial charge on any atom is 0.251 e. The van der Waals surface area contributed by atoms with E-state index in [2.05, 4.69) is 34.5 Å². The zero-order chi connectivity index (χ0) is 19.1. The highest BCUT2D eigenvalue weighted by Gasteiger charge is 2.32. The van der Waals surface area contributed by atoms with Crippen molar-refractivity contribution in [3.8, 4) is 5.75 Å². The standard InChI is InChI=1S/C22H28N2O3/c25-20-10-8-19(9-11-20)21(26)23-17-22(27)12-15-24(16-13-22)14-4-7-18-5-2-1-3-6-18/h1-3,5-6,8-11,25,27H,4,7,12-17H2,(H,23,26). The Morgan fingerprint density at radius 2 is 1.70 bits per heavy atom. The Morgan fingerprint density at radius 3 is 2.37 bits per heavy atom. The van der Waals surface area contributed by atoms with Gasteiger partial charge in [0.2, 0.25) is 0 Å². The normalized spacial score (nSPS) is 16.8. The summed E-state index contributed by atoms with van der Waals surface area (Å²) >= 11 is 0. The fraction of sp³-hybridized carbons (Fsp3) is 0.409. The fourth-order valence-electron chi connectivity index (χ4n) is 3.48. The van der Waals surface area contributed by atoms with Gasteiger partial charge >= 0.3 is 0 Å². The summed E-state index contributed by atoms with van der Waals surface area (Å²) in [5.41, 5.74) is 1.00. The third-order valence-electron chi connectivity index (χ3n) is 5.28. The Balaban J connectivity index is 1.38. The van der Waals surface area contributed by atoms with Crippen LogP contribution in [-0.4, -0.2) is 52.8 Å². The quantitative estimate of drug-likeness (QED) is 0.702. The number of likely N-dealkylation sites (tertiary alicyclic amines) is 1. The van der Waals surface area contributed by atoms with Crippen molar-refractivity contribution in [1.29, 1.82) is 0 Å². The van der Waals surface area contributed by atoms with Gasteiger partial charge in [-0.25, -0.2) is 0 Å². The number of phenolic OH excluding ortho intramolecular Hbond substituents is 1. The summed E-state index contributed by atoms with van der Waals surface area (Å²) in [5, 5.41) is 22.9. The summed E-state index contributed by atoms with van der Waals surface area (Å²) in [6.45, 7) is 2.98. The summed E-state index contributed by atoms with van der Waals surface area (Å²) in [5.74, 6) is -0.0986. The molecule has 0 bridgehead atoms. The minimum Gasteiger partial charge on any atom is -0.508 e. The first kappa shape index (κ1) is 19.4. The molecule has 0 saturated carbocycles. The molecule has 1 heterocycles. The molecule has 1 aliphatic heterocycles. The second-order valence-corrected chi connectivity index (χ2v) is 7.38. The highest BCUT2D eigenvalue weighted by atomic mass is 16.3. The summed E-state index contributed by atoms with van der Waals surface area (Å²) in [7, 11) is 0. The molecule has 1 saturated heterocycles. The van der Waals surface area contributed by atoms with Crippen LogP contribution in [0.4, 0.5) is 0 Å². The molecule has 2 aromatic rings. The molecule has 1 amide bonds. The van der Waals surface area contributed by atoms with E-state index in [-0.39, 0.29) is 18.2 Å². The van der Waals surface area contributed by atoms with Gasteiger partial charge in [0.05, 0.1) is 5.60 Å². The van der Waals surface area contributed by atoms with E-state index in [4.69, 9.17) is 0 Å². The lowest BCUT2D eigenvalue weighted by molar-refractivity contribution is -0.0190. The predicted molar refractivity (Wildman–Crippen MR) is 106 cm³/mol. The number of phenols is 1. The first-order valence-electron chi connectivity index (χ1n) is 9.60. The molecule has 0 atom stereocenters. The lowest BCUT2D eigenvalue weighted by Crippen LogP contribution is -2.51. The Hall–Kier alpha value is -2.37. The fourth-order valence-corrected chi connectivity index (χ4v) is 3.48. The first-order chi connectivity index (χ1) is 13.0. The van der Waals surface area contributed by atoms with E-state index >= 15 is 0 Å². The number of carbonyl (C=O) groups is 1. The molecule has 0 aliphatic carbocycles. The van der Waals surface area contributed by atoms with Crippen molar-refractivity contribution in [2.24, 2.45) is 0 Å². The van der Waals surface area contributed by atoms with E-state index in [0.29, 0.717) is 18.4 Å². The zero-order valence-electron chi connectivity index (χ0n) is 15.6. The third-order valence-corrected chi connectivity index (χ3v) is 5.28. The molecule has 1 aliphatic rings. The van der Waals surface area contributed by atoms with Crippen LogP contribution in [0.25, 0.3) is 0 Å². The average molecular weight is 368 g/mol. The van der Waals surface area contributed by atoms with Crippen molar-refractivity contribution in [2.45, 2.75) is 31.3 Å². The molecule has 0 unspecified atom stereocenters. The topological polar surface area (TPSA) is 72.8 Å². The van der Waals surface area contributed by atoms with Gasteiger partial charge < -0.3 is 20.4 Å². The summed E-state index contributed by atoms with van der Waals surface area (Å²) < 4.78 is 0. The lowest BCUT2D eigenvalue weighted by Gasteiger charge is -2.38. The monoisotopic (exact) mass is 368 g/mol. The number of aromatic hydroxyl groups is 1. The second kappa shape index (κ2) is 9.02. The van der Waals surface area contributed by atoms with Gasteiger partial charge in [-0.15, -0.1) is 0 Å². The van der Waals surface area contributed by atoms with Gasteiger partial charge in [-0.05, 0) is 62.1 Å². The molecular weight excluding hydrogens is 340 g/mol. The second-order valence-electron chi connectivity index (χ2n) is 7.38. The molecule has 0 radical (unpaired) electrons. The number of piperidine rings is 1. The molecule has 27 heavy (non-hydrogen) atoms. The molecule has 144 valence electrons. The van der Waals surface area contributed by atoms with Crippen LogP contribution in [-0.2, 0) is 6.42 Å². The predicted octanol–water partition coefficient (Wildman–Crippen LogP) is 2.58. The van der Waals surface area contributed by atoms with Crippen LogP contribution in [0.2, 0.25) is 0 Å². The van der Waals surface area contributed by atoms with Gasteiger partial charge in [-0.1, -0.05) is 30.3 Å². The Kier molecular flexibility index (Phi) is 6.48. The van der Waals surface area contributed by atoms with E-state index in [9.17, 15) is 15.0 Å². The van der Waals surface area contributed by atoms with E-state index in [1.165, 1.54) is 17.7 Å². The summed E-state index contributed by atoms with van der Waals surface area (Å²) in [6.07, 6.45) is 3.51. The van der Waals surface area contributed by atoms with E-state index in [0.717, 1.165) is 32.5 Å². The van der Waals surface area contributed by atoms with Crippen molar-refractivity contribution >= 4 is 5.91 Å². The van der Waals surface area contributed by atoms with Gasteiger partial charge in [0, 0.05) is 25.2 Å². The van der Waals surface area contributed by atoms with Crippen molar-refractivity contribution in [3.05, 3.63) is 65.7 Å². The summed E-state index contributed by atoms with van der Waals surface area (Å²) in [4.78, 5) is 14.6. The molecule has 3 rings (SSSR count). The SMILES string of the molecule is O=C(NCC1(O)CCN(CCCc2ccccc2)CC1)c1ccc(O)cc1. The number of nitrogens with one attached hydrogen (secondary N) is 1. The molecule has 1 fully saturated rings. The van der Waals surface area contributed by atoms with Gasteiger partial charge in [0.25, 0.3) is 5.91 Å². The molecule has 0 spiro atoms. The number of rotatable bonds is 7. The van der Waals surface area contributed by atoms with E-state index in [1.54, 1.807) is 12.1 Å². The molecule has 5 nitrogen and oxygen atoms in total. The number of hydrogen-bond donors (Lipinski definition) is 3. The van der Waals surface area contributed by atoms with Crippen LogP contribution in [0.5, 0.6) is 5.75 Å². The van der Waals surface area contributed by atoms with E-state index in [1.807, 2.05) is 6.07 Å². The molecule has 3 N–H and O–H groups in total. The minimum atomic E-state index is -0.845. The average Bonchev–Trinajstić information content (AvgIpc) is 2.69. The molecule has 0 aromatic heterocycles. The van der Waals surface area contributed by atoms with Gasteiger partial charge in [-0.3, -0.25) is 4.79 Å². The van der Waals surface area contributed by atoms with Crippen LogP contribution < -0.4 is 5.32 Å². The minimum absolute atomic E-state index is 0.129. The van der Waals surface area contributed by atoms with Crippen molar-refractivity contribution in [2.75, 3.05) is 26.2 Å². The number of hydrogen-bond acceptors (Lipinski definition) is 4. The van der Waals surface area contributed by atoms with E-state index < -0.39 is 5.60 Å². The number of nitrogens with zero attached hydrogens (tertiary/aromatic N) is 1. The highest BCUT2D eigenvalue weighted by molar-refractivity contribution is 5.94.